The molecular weight excluding hydrogens is 490 g/mol. The Morgan fingerprint density at radius 3 is 2.44 bits per heavy atom. The predicted octanol–water partition coefficient (Wildman–Crippen LogP) is 4.80. The molecule has 6 nitrogen and oxygen atoms in total. The molecule has 0 saturated heterocycles. The van der Waals surface area contributed by atoms with Crippen LogP contribution in [0.25, 0.3) is 17.3 Å². The summed E-state index contributed by atoms with van der Waals surface area (Å²) in [5.41, 5.74) is 3.96. The molecule has 0 radical (unpaired) electrons. The largest absolute Gasteiger partial charge is 0.299 e. The van der Waals surface area contributed by atoms with Crippen molar-refractivity contribution in [2.75, 3.05) is 4.72 Å². The zero-order chi connectivity index (χ0) is 22.3. The first-order chi connectivity index (χ1) is 15.4. The Morgan fingerprint density at radius 2 is 1.75 bits per heavy atom. The molecule has 2 aliphatic rings. The molecule has 2 aromatic carbocycles. The number of carbonyl (C=O) groups excluding carboxylic acids is 1. The van der Waals surface area contributed by atoms with Crippen molar-refractivity contribution < 1.29 is 13.2 Å². The number of halogens is 1. The highest BCUT2D eigenvalue weighted by atomic mass is 79.9. The number of allylic oxidation sites excluding steroid dienone is 1. The highest BCUT2D eigenvalue weighted by molar-refractivity contribution is 9.10. The van der Waals surface area contributed by atoms with E-state index in [0.717, 1.165) is 46.2 Å². The van der Waals surface area contributed by atoms with Crippen LogP contribution in [0.2, 0.25) is 0 Å². The summed E-state index contributed by atoms with van der Waals surface area (Å²) in [6.07, 6.45) is 6.96. The monoisotopic (exact) mass is 509 g/mol. The van der Waals surface area contributed by atoms with Crippen LogP contribution in [0.3, 0.4) is 0 Å². The van der Waals surface area contributed by atoms with E-state index in [9.17, 15) is 13.2 Å². The number of carbonyl (C=O) groups is 1. The lowest BCUT2D eigenvalue weighted by Gasteiger charge is -2.12. The minimum absolute atomic E-state index is 0.173. The number of aromatic nitrogens is 2. The predicted molar refractivity (Wildman–Crippen MR) is 127 cm³/mol. The topological polar surface area (TPSA) is 89.0 Å². The maximum atomic E-state index is 12.6. The first-order valence-electron chi connectivity index (χ1n) is 10.4. The third-order valence-corrected chi connectivity index (χ3v) is 7.49. The number of nitrogens with one attached hydrogen (secondary N) is 1. The average molecular weight is 510 g/mol. The van der Waals surface area contributed by atoms with Crippen LogP contribution < -0.4 is 4.72 Å². The lowest BCUT2D eigenvalue weighted by Crippen LogP contribution is -2.13. The van der Waals surface area contributed by atoms with Gasteiger partial charge in [-0.05, 0) is 49.2 Å². The second-order valence-corrected chi connectivity index (χ2v) is 10.6. The number of hydrogen-bond acceptors (Lipinski definition) is 5. The summed E-state index contributed by atoms with van der Waals surface area (Å²) in [4.78, 5) is 21.8. The summed E-state index contributed by atoms with van der Waals surface area (Å²) < 4.78 is 28.7. The van der Waals surface area contributed by atoms with E-state index in [-0.39, 0.29) is 23.0 Å². The smallest absolute Gasteiger partial charge is 0.261 e. The summed E-state index contributed by atoms with van der Waals surface area (Å²) in [5, 5.41) is 0. The van der Waals surface area contributed by atoms with Crippen LogP contribution in [0, 0.1) is 5.92 Å². The molecular formula is C24H20BrN3O3S. The van der Waals surface area contributed by atoms with Crippen LogP contribution >= 0.6 is 15.9 Å². The van der Waals surface area contributed by atoms with Gasteiger partial charge in [-0.15, -0.1) is 0 Å². The Bertz CT molecular complexity index is 1330. The molecule has 0 aliphatic heterocycles. The summed E-state index contributed by atoms with van der Waals surface area (Å²) >= 11 is 3.31. The fraction of sp³-hybridized carbons (Fsp3) is 0.208. The third kappa shape index (κ3) is 4.38. The summed E-state index contributed by atoms with van der Waals surface area (Å²) in [5.74, 6) is 0.936. The van der Waals surface area contributed by atoms with E-state index in [4.69, 9.17) is 4.98 Å². The van der Waals surface area contributed by atoms with Crippen LogP contribution in [-0.2, 0) is 27.7 Å². The standard InChI is InChI=1S/C24H20BrN3O3S/c25-17-8-12-19(13-9-17)32(30,31)28-18-10-6-16(7-11-18)24-20-2-1-3-21(20)26-23(27-24)14-22(29)15-4-5-15/h1-2,6-13,15,28H,3-5,14H2. The second kappa shape index (κ2) is 8.26. The van der Waals surface area contributed by atoms with Gasteiger partial charge < -0.3 is 0 Å². The molecule has 2 aliphatic carbocycles. The molecule has 1 aromatic heterocycles. The molecule has 1 fully saturated rings. The Morgan fingerprint density at radius 1 is 1.03 bits per heavy atom. The average Bonchev–Trinajstić information content (AvgIpc) is 3.52. The maximum Gasteiger partial charge on any atom is 0.261 e. The molecule has 1 heterocycles. The molecule has 8 heteroatoms. The number of fused-ring (bicyclic) bond motifs is 1. The number of ketones is 1. The lowest BCUT2D eigenvalue weighted by molar-refractivity contribution is -0.119. The normalized spacial score (nSPS) is 14.9. The number of hydrogen-bond donors (Lipinski definition) is 1. The molecule has 162 valence electrons. The van der Waals surface area contributed by atoms with Gasteiger partial charge in [-0.3, -0.25) is 9.52 Å². The fourth-order valence-corrected chi connectivity index (χ4v) is 5.04. The van der Waals surface area contributed by atoms with Gasteiger partial charge in [-0.1, -0.05) is 40.2 Å². The van der Waals surface area contributed by atoms with E-state index >= 15 is 0 Å². The van der Waals surface area contributed by atoms with E-state index in [1.807, 2.05) is 24.3 Å². The van der Waals surface area contributed by atoms with Crippen molar-refractivity contribution in [3.63, 3.8) is 0 Å². The molecule has 0 spiro atoms. The van der Waals surface area contributed by atoms with Crippen LogP contribution in [0.15, 0.2) is 64.0 Å². The van der Waals surface area contributed by atoms with Crippen molar-refractivity contribution in [3.8, 4) is 11.3 Å². The Kier molecular flexibility index (Phi) is 5.43. The number of nitrogens with zero attached hydrogens (tertiary/aromatic N) is 2. The van der Waals surface area contributed by atoms with E-state index in [1.165, 1.54) is 0 Å². The first kappa shape index (κ1) is 21.0. The van der Waals surface area contributed by atoms with Crippen LogP contribution in [0.1, 0.15) is 29.9 Å². The number of benzene rings is 2. The summed E-state index contributed by atoms with van der Waals surface area (Å²) in [7, 11) is -3.68. The third-order valence-electron chi connectivity index (χ3n) is 5.57. The van der Waals surface area contributed by atoms with E-state index in [2.05, 4.69) is 25.6 Å². The van der Waals surface area contributed by atoms with Crippen LogP contribution in [-0.4, -0.2) is 24.2 Å². The van der Waals surface area contributed by atoms with Crippen LogP contribution in [0.4, 0.5) is 5.69 Å². The Hall–Kier alpha value is -2.84. The van der Waals surface area contributed by atoms with Gasteiger partial charge in [0.05, 0.1) is 22.7 Å². The molecule has 1 saturated carbocycles. The maximum absolute atomic E-state index is 12.6. The minimum atomic E-state index is -3.68. The van der Waals surface area contributed by atoms with E-state index < -0.39 is 10.0 Å². The highest BCUT2D eigenvalue weighted by Gasteiger charge is 2.30. The van der Waals surface area contributed by atoms with Gasteiger partial charge in [0, 0.05) is 33.6 Å². The molecule has 0 unspecified atom stereocenters. The van der Waals surface area contributed by atoms with Crippen molar-refractivity contribution in [2.45, 2.75) is 30.6 Å². The minimum Gasteiger partial charge on any atom is -0.299 e. The van der Waals surface area contributed by atoms with Gasteiger partial charge in [-0.2, -0.15) is 0 Å². The SMILES string of the molecule is O=C(Cc1nc2c(c(-c3ccc(NS(=O)(=O)c4ccc(Br)cc4)cc3)n1)C=CC2)C1CC1. The molecule has 0 atom stereocenters. The zero-order valence-electron chi connectivity index (χ0n) is 17.1. The Labute approximate surface area is 195 Å². The van der Waals surface area contributed by atoms with Gasteiger partial charge in [-0.25, -0.2) is 18.4 Å². The molecule has 32 heavy (non-hydrogen) atoms. The van der Waals surface area contributed by atoms with Crippen molar-refractivity contribution in [1.29, 1.82) is 0 Å². The first-order valence-corrected chi connectivity index (χ1v) is 12.6. The van der Waals surface area contributed by atoms with Crippen molar-refractivity contribution >= 4 is 43.5 Å². The molecule has 0 amide bonds. The van der Waals surface area contributed by atoms with E-state index in [1.54, 1.807) is 36.4 Å². The summed E-state index contributed by atoms with van der Waals surface area (Å²) in [6, 6.07) is 13.6. The highest BCUT2D eigenvalue weighted by Crippen LogP contribution is 2.33. The van der Waals surface area contributed by atoms with E-state index in [0.29, 0.717) is 11.5 Å². The zero-order valence-corrected chi connectivity index (χ0v) is 19.5. The lowest BCUT2D eigenvalue weighted by atomic mass is 10.0. The second-order valence-electron chi connectivity index (χ2n) is 8.01. The van der Waals surface area contributed by atoms with Gasteiger partial charge in [0.25, 0.3) is 10.0 Å². The van der Waals surface area contributed by atoms with Gasteiger partial charge in [0.1, 0.15) is 11.6 Å². The van der Waals surface area contributed by atoms with Gasteiger partial charge in [0.2, 0.25) is 0 Å². The number of rotatable bonds is 7. The summed E-state index contributed by atoms with van der Waals surface area (Å²) in [6.45, 7) is 0. The van der Waals surface area contributed by atoms with Gasteiger partial charge in [0.15, 0.2) is 0 Å². The van der Waals surface area contributed by atoms with Crippen molar-refractivity contribution in [2.24, 2.45) is 5.92 Å². The number of anilines is 1. The molecule has 0 bridgehead atoms. The van der Waals surface area contributed by atoms with Crippen LogP contribution in [0.5, 0.6) is 0 Å². The molecule has 1 N–H and O–H groups in total. The quantitative estimate of drug-likeness (QED) is 0.494. The van der Waals surface area contributed by atoms with Crippen molar-refractivity contribution in [3.05, 3.63) is 76.2 Å². The number of sulfonamides is 1. The molecule has 3 aromatic rings. The Balaban J connectivity index is 1.41. The number of Topliss-reactive ketones (excluding diaryl/α,β-unsaturated/α-hetero) is 1. The van der Waals surface area contributed by atoms with Gasteiger partial charge >= 0.3 is 0 Å². The van der Waals surface area contributed by atoms with Crippen molar-refractivity contribution in [1.82, 2.24) is 9.97 Å². The fourth-order valence-electron chi connectivity index (χ4n) is 3.71. The molecule has 5 rings (SSSR count).